The van der Waals surface area contributed by atoms with Gasteiger partial charge in [0.15, 0.2) is 0 Å². The molecule has 1 fully saturated rings. The molecule has 128 valence electrons. The lowest BCUT2D eigenvalue weighted by Crippen LogP contribution is -2.42. The van der Waals surface area contributed by atoms with Gasteiger partial charge in [-0.25, -0.2) is 9.18 Å². The highest BCUT2D eigenvalue weighted by atomic mass is 19.1. The molecule has 5 heteroatoms. The molecule has 0 bridgehead atoms. The number of ether oxygens (including phenoxy) is 1. The largest absolute Gasteiger partial charge is 0.444 e. The SMILES string of the molecule is CC(CNC(=O)OC(C)(C)C)NC(c1ccc(F)cc1)C1CC1. The number of hydrogen-bond donors (Lipinski definition) is 2. The maximum Gasteiger partial charge on any atom is 0.407 e. The monoisotopic (exact) mass is 322 g/mol. The van der Waals surface area contributed by atoms with E-state index in [1.54, 1.807) is 0 Å². The molecule has 4 nitrogen and oxygen atoms in total. The molecule has 1 aliphatic carbocycles. The fourth-order valence-electron chi connectivity index (χ4n) is 2.52. The van der Waals surface area contributed by atoms with Crippen LogP contribution >= 0.6 is 0 Å². The highest BCUT2D eigenvalue weighted by molar-refractivity contribution is 5.67. The minimum Gasteiger partial charge on any atom is -0.444 e. The third kappa shape index (κ3) is 6.18. The van der Waals surface area contributed by atoms with E-state index in [1.807, 2.05) is 39.8 Å². The number of nitrogens with one attached hydrogen (secondary N) is 2. The molecule has 2 rings (SSSR count). The van der Waals surface area contributed by atoms with Crippen molar-refractivity contribution in [3.8, 4) is 0 Å². The van der Waals surface area contributed by atoms with Crippen molar-refractivity contribution in [1.82, 2.24) is 10.6 Å². The number of alkyl carbamates (subject to hydrolysis) is 1. The summed E-state index contributed by atoms with van der Waals surface area (Å²) < 4.78 is 18.3. The predicted molar refractivity (Wildman–Crippen MR) is 88.7 cm³/mol. The third-order valence-electron chi connectivity index (χ3n) is 3.74. The first-order valence-electron chi connectivity index (χ1n) is 8.23. The second kappa shape index (κ2) is 7.30. The van der Waals surface area contributed by atoms with Crippen LogP contribution in [-0.4, -0.2) is 24.3 Å². The topological polar surface area (TPSA) is 50.4 Å². The number of carbonyl (C=O) groups is 1. The van der Waals surface area contributed by atoms with Crippen molar-refractivity contribution in [3.05, 3.63) is 35.6 Å². The van der Waals surface area contributed by atoms with Crippen LogP contribution in [0, 0.1) is 11.7 Å². The summed E-state index contributed by atoms with van der Waals surface area (Å²) in [5.41, 5.74) is 0.601. The zero-order valence-corrected chi connectivity index (χ0v) is 14.4. The molecule has 2 N–H and O–H groups in total. The lowest BCUT2D eigenvalue weighted by atomic mass is 10.0. The minimum atomic E-state index is -0.495. The molecule has 1 amide bonds. The van der Waals surface area contributed by atoms with Crippen LogP contribution < -0.4 is 10.6 Å². The Bertz CT molecular complexity index is 521. The van der Waals surface area contributed by atoms with Crippen LogP contribution in [0.25, 0.3) is 0 Å². The van der Waals surface area contributed by atoms with Crippen molar-refractivity contribution in [2.75, 3.05) is 6.54 Å². The summed E-state index contributed by atoms with van der Waals surface area (Å²) in [6.07, 6.45) is 1.96. The Morgan fingerprint density at radius 2 is 1.91 bits per heavy atom. The van der Waals surface area contributed by atoms with Crippen LogP contribution in [0.3, 0.4) is 0 Å². The van der Waals surface area contributed by atoms with Crippen LogP contribution in [0.5, 0.6) is 0 Å². The van der Waals surface area contributed by atoms with Crippen molar-refractivity contribution in [2.45, 2.75) is 58.2 Å². The molecule has 23 heavy (non-hydrogen) atoms. The van der Waals surface area contributed by atoms with Gasteiger partial charge in [-0.15, -0.1) is 0 Å². The summed E-state index contributed by atoms with van der Waals surface area (Å²) in [6.45, 7) is 8.03. The Morgan fingerprint density at radius 1 is 1.30 bits per heavy atom. The normalized spacial score (nSPS) is 17.4. The Balaban J connectivity index is 1.85. The van der Waals surface area contributed by atoms with Gasteiger partial charge < -0.3 is 15.4 Å². The Morgan fingerprint density at radius 3 is 2.43 bits per heavy atom. The van der Waals surface area contributed by atoms with E-state index in [0.29, 0.717) is 12.5 Å². The van der Waals surface area contributed by atoms with Crippen molar-refractivity contribution in [2.24, 2.45) is 5.92 Å². The Kier molecular flexibility index (Phi) is 5.63. The smallest absolute Gasteiger partial charge is 0.407 e. The predicted octanol–water partition coefficient (Wildman–Crippen LogP) is 3.78. The van der Waals surface area contributed by atoms with Gasteiger partial charge in [0.1, 0.15) is 11.4 Å². The molecule has 0 saturated heterocycles. The molecule has 0 aromatic heterocycles. The second-order valence-corrected chi connectivity index (χ2v) is 7.32. The molecule has 0 heterocycles. The van der Waals surface area contributed by atoms with E-state index in [0.717, 1.165) is 5.56 Å². The number of benzene rings is 1. The van der Waals surface area contributed by atoms with E-state index in [1.165, 1.54) is 25.0 Å². The maximum atomic E-state index is 13.1. The number of amides is 1. The summed E-state index contributed by atoms with van der Waals surface area (Å²) in [4.78, 5) is 11.7. The van der Waals surface area contributed by atoms with Gasteiger partial charge in [-0.2, -0.15) is 0 Å². The first kappa shape index (κ1) is 17.7. The highest BCUT2D eigenvalue weighted by Gasteiger charge is 2.33. The van der Waals surface area contributed by atoms with Gasteiger partial charge >= 0.3 is 6.09 Å². The fraction of sp³-hybridized carbons (Fsp3) is 0.611. The maximum absolute atomic E-state index is 13.1. The van der Waals surface area contributed by atoms with Crippen molar-refractivity contribution in [3.63, 3.8) is 0 Å². The average molecular weight is 322 g/mol. The van der Waals surface area contributed by atoms with Gasteiger partial charge in [-0.05, 0) is 64.2 Å². The lowest BCUT2D eigenvalue weighted by molar-refractivity contribution is 0.0522. The number of halogens is 1. The van der Waals surface area contributed by atoms with Crippen LogP contribution in [0.15, 0.2) is 24.3 Å². The molecule has 0 aliphatic heterocycles. The average Bonchev–Trinajstić information content (AvgIpc) is 3.26. The van der Waals surface area contributed by atoms with Gasteiger partial charge in [-0.3, -0.25) is 0 Å². The van der Waals surface area contributed by atoms with E-state index >= 15 is 0 Å². The lowest BCUT2D eigenvalue weighted by Gasteiger charge is -2.25. The van der Waals surface area contributed by atoms with E-state index < -0.39 is 11.7 Å². The summed E-state index contributed by atoms with van der Waals surface area (Å²) in [5.74, 6) is 0.368. The molecule has 0 radical (unpaired) electrons. The molecule has 1 saturated carbocycles. The van der Waals surface area contributed by atoms with Crippen molar-refractivity contribution >= 4 is 6.09 Å². The van der Waals surface area contributed by atoms with Crippen LogP contribution in [-0.2, 0) is 4.74 Å². The zero-order chi connectivity index (χ0) is 17.0. The van der Waals surface area contributed by atoms with Gasteiger partial charge in [0.25, 0.3) is 0 Å². The van der Waals surface area contributed by atoms with Gasteiger partial charge in [0, 0.05) is 18.6 Å². The van der Waals surface area contributed by atoms with Gasteiger partial charge in [0.2, 0.25) is 0 Å². The Hall–Kier alpha value is -1.62. The molecule has 2 unspecified atom stereocenters. The summed E-state index contributed by atoms with van der Waals surface area (Å²) in [7, 11) is 0. The summed E-state index contributed by atoms with van der Waals surface area (Å²) >= 11 is 0. The highest BCUT2D eigenvalue weighted by Crippen LogP contribution is 2.41. The first-order valence-corrected chi connectivity index (χ1v) is 8.23. The van der Waals surface area contributed by atoms with E-state index in [9.17, 15) is 9.18 Å². The first-order chi connectivity index (χ1) is 10.7. The molecule has 1 aromatic rings. The molecule has 1 aliphatic rings. The minimum absolute atomic E-state index is 0.0955. The van der Waals surface area contributed by atoms with Crippen molar-refractivity contribution < 1.29 is 13.9 Å². The molecule has 0 spiro atoms. The molecular formula is C18H27FN2O2. The third-order valence-corrected chi connectivity index (χ3v) is 3.74. The summed E-state index contributed by atoms with van der Waals surface area (Å²) in [5, 5.41) is 6.32. The van der Waals surface area contributed by atoms with Crippen LogP contribution in [0.2, 0.25) is 0 Å². The summed E-state index contributed by atoms with van der Waals surface area (Å²) in [6, 6.07) is 6.95. The number of carbonyl (C=O) groups excluding carboxylic acids is 1. The van der Waals surface area contributed by atoms with E-state index in [-0.39, 0.29) is 17.9 Å². The van der Waals surface area contributed by atoms with Crippen LogP contribution in [0.1, 0.15) is 52.1 Å². The quantitative estimate of drug-likeness (QED) is 0.838. The van der Waals surface area contributed by atoms with Gasteiger partial charge in [0.05, 0.1) is 0 Å². The van der Waals surface area contributed by atoms with E-state index in [2.05, 4.69) is 10.6 Å². The Labute approximate surface area is 137 Å². The van der Waals surface area contributed by atoms with E-state index in [4.69, 9.17) is 4.74 Å². The second-order valence-electron chi connectivity index (χ2n) is 7.32. The molecule has 2 atom stereocenters. The van der Waals surface area contributed by atoms with Gasteiger partial charge in [-0.1, -0.05) is 12.1 Å². The zero-order valence-electron chi connectivity index (χ0n) is 14.4. The molecule has 1 aromatic carbocycles. The number of rotatable bonds is 6. The number of hydrogen-bond acceptors (Lipinski definition) is 3. The van der Waals surface area contributed by atoms with Crippen LogP contribution in [0.4, 0.5) is 9.18 Å². The standard InChI is InChI=1S/C18H27FN2O2/c1-12(11-20-17(22)23-18(2,3)4)21-16(13-5-6-13)14-7-9-15(19)10-8-14/h7-10,12-13,16,21H,5-6,11H2,1-4H3,(H,20,22). The molecular weight excluding hydrogens is 295 g/mol. The van der Waals surface area contributed by atoms with Crippen molar-refractivity contribution in [1.29, 1.82) is 0 Å². The fourth-order valence-corrected chi connectivity index (χ4v) is 2.52.